The zero-order valence-electron chi connectivity index (χ0n) is 27.0. The van der Waals surface area contributed by atoms with Crippen molar-refractivity contribution in [2.24, 2.45) is 0 Å². The summed E-state index contributed by atoms with van der Waals surface area (Å²) in [5.41, 5.74) is 12.8. The van der Waals surface area contributed by atoms with Gasteiger partial charge in [0.05, 0.1) is 27.9 Å². The van der Waals surface area contributed by atoms with Crippen molar-refractivity contribution in [3.8, 4) is 45.0 Å². The minimum atomic E-state index is 0.922. The van der Waals surface area contributed by atoms with Crippen molar-refractivity contribution in [2.45, 2.75) is 0 Å². The minimum Gasteiger partial charge on any atom is -0.309 e. The van der Waals surface area contributed by atoms with Gasteiger partial charge in [-0.3, -0.25) is 14.5 Å². The third kappa shape index (κ3) is 4.45. The van der Waals surface area contributed by atoms with Crippen LogP contribution in [-0.4, -0.2) is 24.1 Å². The molecule has 0 saturated heterocycles. The predicted octanol–water partition coefficient (Wildman–Crippen LogP) is 11.1. The summed E-state index contributed by atoms with van der Waals surface area (Å²) in [6, 6.07) is 55.6. The Morgan fingerprint density at radius 3 is 1.78 bits per heavy atom. The zero-order valence-corrected chi connectivity index (χ0v) is 27.0. The first-order valence-corrected chi connectivity index (χ1v) is 16.8. The Bertz CT molecular complexity index is 2800. The lowest BCUT2D eigenvalue weighted by Gasteiger charge is -2.13. The van der Waals surface area contributed by atoms with Crippen LogP contribution in [0, 0.1) is 0 Å². The number of rotatable bonds is 5. The van der Waals surface area contributed by atoms with Crippen LogP contribution in [0.2, 0.25) is 0 Å². The molecule has 0 aliphatic rings. The molecule has 5 aromatic carbocycles. The fourth-order valence-corrected chi connectivity index (χ4v) is 7.49. The van der Waals surface area contributed by atoms with Crippen LogP contribution in [0.15, 0.2) is 176 Å². The summed E-state index contributed by atoms with van der Waals surface area (Å²) >= 11 is 0. The molecule has 0 unspecified atom stereocenters. The summed E-state index contributed by atoms with van der Waals surface area (Å²) in [5, 5.41) is 4.73. The highest BCUT2D eigenvalue weighted by Crippen LogP contribution is 2.41. The first-order valence-electron chi connectivity index (χ1n) is 16.8. The van der Waals surface area contributed by atoms with Crippen molar-refractivity contribution >= 4 is 43.7 Å². The second-order valence-corrected chi connectivity index (χ2v) is 12.5. The van der Waals surface area contributed by atoms with Crippen molar-refractivity contribution in [2.75, 3.05) is 0 Å². The Kier molecular flexibility index (Phi) is 6.42. The number of aromatic nitrogens is 5. The lowest BCUT2D eigenvalue weighted by atomic mass is 9.98. The number of hydrogen-bond donors (Lipinski definition) is 0. The lowest BCUT2D eigenvalue weighted by molar-refractivity contribution is 1.14. The van der Waals surface area contributed by atoms with E-state index in [9.17, 15) is 0 Å². The zero-order chi connectivity index (χ0) is 33.0. The van der Waals surface area contributed by atoms with E-state index in [0.717, 1.165) is 61.5 Å². The number of pyridine rings is 3. The van der Waals surface area contributed by atoms with E-state index in [1.165, 1.54) is 27.3 Å². The molecule has 0 bridgehead atoms. The van der Waals surface area contributed by atoms with E-state index < -0.39 is 0 Å². The van der Waals surface area contributed by atoms with Gasteiger partial charge in [0, 0.05) is 62.6 Å². The summed E-state index contributed by atoms with van der Waals surface area (Å²) in [7, 11) is 0. The third-order valence-electron chi connectivity index (χ3n) is 9.65. The normalized spacial score (nSPS) is 11.6. The molecule has 5 aromatic heterocycles. The molecular weight excluding hydrogens is 611 g/mol. The maximum atomic E-state index is 4.83. The van der Waals surface area contributed by atoms with Crippen LogP contribution in [0.4, 0.5) is 0 Å². The van der Waals surface area contributed by atoms with Gasteiger partial charge in [0.2, 0.25) is 0 Å². The Hall–Kier alpha value is -6.85. The Balaban J connectivity index is 1.23. The number of para-hydroxylation sites is 2. The second kappa shape index (κ2) is 11.4. The molecule has 5 heteroatoms. The molecule has 0 saturated carbocycles. The van der Waals surface area contributed by atoms with Gasteiger partial charge in [-0.05, 0) is 102 Å². The predicted molar refractivity (Wildman–Crippen MR) is 205 cm³/mol. The molecule has 10 rings (SSSR count). The highest BCUT2D eigenvalue weighted by Gasteiger charge is 2.19. The molecule has 234 valence electrons. The molecule has 0 fully saturated rings. The van der Waals surface area contributed by atoms with Crippen LogP contribution in [0.1, 0.15) is 0 Å². The van der Waals surface area contributed by atoms with E-state index in [2.05, 4.69) is 130 Å². The van der Waals surface area contributed by atoms with Gasteiger partial charge < -0.3 is 4.57 Å². The van der Waals surface area contributed by atoms with Crippen LogP contribution < -0.4 is 0 Å². The third-order valence-corrected chi connectivity index (χ3v) is 9.65. The highest BCUT2D eigenvalue weighted by molar-refractivity contribution is 6.17. The Morgan fingerprint density at radius 2 is 1.02 bits per heavy atom. The average molecular weight is 640 g/mol. The van der Waals surface area contributed by atoms with Gasteiger partial charge in [-0.15, -0.1) is 0 Å². The van der Waals surface area contributed by atoms with Gasteiger partial charge in [-0.25, -0.2) is 4.98 Å². The summed E-state index contributed by atoms with van der Waals surface area (Å²) in [6.07, 6.45) is 5.57. The van der Waals surface area contributed by atoms with E-state index in [-0.39, 0.29) is 0 Å². The number of fused-ring (bicyclic) bond motifs is 6. The summed E-state index contributed by atoms with van der Waals surface area (Å²) < 4.78 is 4.64. The average Bonchev–Trinajstić information content (AvgIpc) is 3.71. The summed E-state index contributed by atoms with van der Waals surface area (Å²) in [5.74, 6) is 0. The van der Waals surface area contributed by atoms with E-state index in [1.807, 2.05) is 55.0 Å². The largest absolute Gasteiger partial charge is 0.309 e. The van der Waals surface area contributed by atoms with Crippen LogP contribution in [-0.2, 0) is 0 Å². The molecule has 0 spiro atoms. The number of benzene rings is 5. The van der Waals surface area contributed by atoms with Crippen LogP contribution in [0.3, 0.4) is 0 Å². The monoisotopic (exact) mass is 639 g/mol. The molecule has 10 aromatic rings. The molecule has 0 aliphatic heterocycles. The molecule has 0 N–H and O–H groups in total. The van der Waals surface area contributed by atoms with Gasteiger partial charge in [0.25, 0.3) is 0 Å². The van der Waals surface area contributed by atoms with Gasteiger partial charge in [0.1, 0.15) is 5.65 Å². The quantitative estimate of drug-likeness (QED) is 0.188. The van der Waals surface area contributed by atoms with Crippen LogP contribution in [0.5, 0.6) is 0 Å². The van der Waals surface area contributed by atoms with Crippen molar-refractivity contribution < 1.29 is 0 Å². The van der Waals surface area contributed by atoms with Crippen molar-refractivity contribution in [3.05, 3.63) is 176 Å². The van der Waals surface area contributed by atoms with E-state index in [1.54, 1.807) is 0 Å². The number of nitrogens with zero attached hydrogens (tertiary/aromatic N) is 5. The maximum Gasteiger partial charge on any atom is 0.145 e. The Morgan fingerprint density at radius 1 is 0.360 bits per heavy atom. The molecule has 5 nitrogen and oxygen atoms in total. The van der Waals surface area contributed by atoms with Crippen LogP contribution >= 0.6 is 0 Å². The topological polar surface area (TPSA) is 48.5 Å². The first kappa shape index (κ1) is 28.2. The molecular formula is C45H29N5. The molecule has 0 radical (unpaired) electrons. The molecule has 5 heterocycles. The van der Waals surface area contributed by atoms with Crippen molar-refractivity contribution in [1.82, 2.24) is 24.1 Å². The minimum absolute atomic E-state index is 0.922. The summed E-state index contributed by atoms with van der Waals surface area (Å²) in [4.78, 5) is 14.3. The molecule has 50 heavy (non-hydrogen) atoms. The van der Waals surface area contributed by atoms with Gasteiger partial charge in [0.15, 0.2) is 0 Å². The summed E-state index contributed by atoms with van der Waals surface area (Å²) in [6.45, 7) is 0. The smallest absolute Gasteiger partial charge is 0.145 e. The van der Waals surface area contributed by atoms with Crippen molar-refractivity contribution in [1.29, 1.82) is 0 Å². The fraction of sp³-hybridized carbons (Fsp3) is 0. The first-order chi connectivity index (χ1) is 24.8. The van der Waals surface area contributed by atoms with E-state index in [4.69, 9.17) is 15.0 Å². The Labute approximate surface area is 288 Å². The lowest BCUT2D eigenvalue weighted by Crippen LogP contribution is -1.97. The molecule has 0 aliphatic carbocycles. The standard InChI is InChI=1S/C45H29N5/c1-2-12-33(13-3-1)50-42-22-21-30(29-38(42)36-16-11-25-48-45(36)50)35-15-10-20-43-44(35)37-14-4-5-19-41(37)49(43)34-27-31(39-17-6-8-23-46-39)26-32(28-34)40-18-7-9-24-47-40/h1-29H. The molecule has 0 atom stereocenters. The van der Waals surface area contributed by atoms with Gasteiger partial charge in [-0.1, -0.05) is 66.7 Å². The van der Waals surface area contributed by atoms with Crippen molar-refractivity contribution in [3.63, 3.8) is 0 Å². The van der Waals surface area contributed by atoms with Gasteiger partial charge in [-0.2, -0.15) is 0 Å². The SMILES string of the molecule is c1ccc(-n2c3ccc(-c4cccc5c4c4ccccc4n5-c4cc(-c5ccccn5)cc(-c5ccccn5)c4)cc3c3cccnc32)cc1. The molecule has 0 amide bonds. The highest BCUT2D eigenvalue weighted by atomic mass is 15.0. The van der Waals surface area contributed by atoms with E-state index in [0.29, 0.717) is 0 Å². The van der Waals surface area contributed by atoms with Gasteiger partial charge >= 0.3 is 0 Å². The van der Waals surface area contributed by atoms with Crippen LogP contribution in [0.25, 0.3) is 88.8 Å². The second-order valence-electron chi connectivity index (χ2n) is 12.5. The number of hydrogen-bond acceptors (Lipinski definition) is 3. The van der Waals surface area contributed by atoms with E-state index >= 15 is 0 Å². The maximum absolute atomic E-state index is 4.83. The fourth-order valence-electron chi connectivity index (χ4n) is 7.49.